The third kappa shape index (κ3) is 3.12. The Morgan fingerprint density at radius 1 is 0.593 bits per heavy atom. The molecule has 3 aromatic carbocycles. The number of fused-ring (bicyclic) bond motifs is 5. The fourth-order valence-electron chi connectivity index (χ4n) is 3.93. The smallest absolute Gasteiger partial charge is 0.0401 e. The van der Waals surface area contributed by atoms with Crippen LogP contribution in [0, 0.1) is 6.42 Å². The molecule has 0 amide bonds. The molecule has 0 saturated carbocycles. The van der Waals surface area contributed by atoms with Gasteiger partial charge in [-0.05, 0) is 28.8 Å². The van der Waals surface area contributed by atoms with Gasteiger partial charge in [0.05, 0.1) is 0 Å². The molecule has 1 atom stereocenters. The minimum atomic E-state index is 0. The van der Waals surface area contributed by atoms with Gasteiger partial charge in [0.25, 0.3) is 0 Å². The molecule has 1 heterocycles. The Bertz CT molecular complexity index is 1070. The molecular formula is C25H18IrN-. The van der Waals surface area contributed by atoms with Crippen molar-refractivity contribution >= 4 is 0 Å². The summed E-state index contributed by atoms with van der Waals surface area (Å²) in [7, 11) is 0. The van der Waals surface area contributed by atoms with E-state index in [2.05, 4.69) is 96.3 Å². The molecule has 2 heteroatoms. The first-order chi connectivity index (χ1) is 12.9. The molecule has 0 saturated heterocycles. The van der Waals surface area contributed by atoms with E-state index in [1.54, 1.807) is 0 Å². The first kappa shape index (κ1) is 17.7. The zero-order valence-corrected chi connectivity index (χ0v) is 17.1. The number of aromatic nitrogens is 1. The molecule has 1 aliphatic rings. The summed E-state index contributed by atoms with van der Waals surface area (Å²) in [5.41, 5.74) is 8.76. The van der Waals surface area contributed by atoms with Crippen LogP contribution in [-0.2, 0) is 20.1 Å². The van der Waals surface area contributed by atoms with E-state index in [1.165, 1.54) is 33.4 Å². The minimum absolute atomic E-state index is 0. The molecule has 1 aromatic heterocycles. The summed E-state index contributed by atoms with van der Waals surface area (Å²) in [4.78, 5) is 4.67. The van der Waals surface area contributed by atoms with Crippen molar-refractivity contribution in [3.05, 3.63) is 120 Å². The van der Waals surface area contributed by atoms with Gasteiger partial charge in [-0.1, -0.05) is 66.2 Å². The molecule has 4 aromatic rings. The first-order valence-corrected chi connectivity index (χ1v) is 8.95. The van der Waals surface area contributed by atoms with Crippen LogP contribution in [0.4, 0.5) is 0 Å². The maximum atomic E-state index is 4.67. The molecule has 27 heavy (non-hydrogen) atoms. The summed E-state index contributed by atoms with van der Waals surface area (Å²) in [6.07, 6.45) is 4.23. The van der Waals surface area contributed by atoms with E-state index in [4.69, 9.17) is 0 Å². The van der Waals surface area contributed by atoms with Gasteiger partial charge in [0.15, 0.2) is 0 Å². The van der Waals surface area contributed by atoms with Crippen molar-refractivity contribution in [3.63, 3.8) is 0 Å². The summed E-state index contributed by atoms with van der Waals surface area (Å²) < 4.78 is 0. The van der Waals surface area contributed by atoms with E-state index in [0.29, 0.717) is 0 Å². The summed E-state index contributed by atoms with van der Waals surface area (Å²) >= 11 is 0. The van der Waals surface area contributed by atoms with Crippen LogP contribution in [0.5, 0.6) is 0 Å². The van der Waals surface area contributed by atoms with Crippen LogP contribution in [-0.4, -0.2) is 4.98 Å². The molecule has 1 radical (unpaired) electrons. The van der Waals surface area contributed by atoms with Gasteiger partial charge in [0.2, 0.25) is 0 Å². The van der Waals surface area contributed by atoms with Crippen LogP contribution in [0.2, 0.25) is 0 Å². The summed E-state index contributed by atoms with van der Waals surface area (Å²) in [6.45, 7) is 0. The van der Waals surface area contributed by atoms with Gasteiger partial charge in [0.1, 0.15) is 0 Å². The minimum Gasteiger partial charge on any atom is -0.261 e. The van der Waals surface area contributed by atoms with Crippen LogP contribution in [0.15, 0.2) is 97.2 Å². The predicted molar refractivity (Wildman–Crippen MR) is 107 cm³/mol. The van der Waals surface area contributed by atoms with Crippen LogP contribution < -0.4 is 0 Å². The normalized spacial score (nSPS) is 14.3. The monoisotopic (exact) mass is 525 g/mol. The van der Waals surface area contributed by atoms with Crippen LogP contribution in [0.3, 0.4) is 0 Å². The molecular weight excluding hydrogens is 506 g/mol. The SMILES string of the molecule is [Ir].c1ccc(C2[CH-]c3ccccc3-c3ccccc3-c3ccccc32)nc1. The Hall–Kier alpha value is -2.67. The van der Waals surface area contributed by atoms with Gasteiger partial charge in [-0.15, -0.1) is 17.7 Å². The van der Waals surface area contributed by atoms with E-state index in [9.17, 15) is 0 Å². The molecule has 5 rings (SSSR count). The van der Waals surface area contributed by atoms with Gasteiger partial charge < -0.3 is 0 Å². The fourth-order valence-corrected chi connectivity index (χ4v) is 3.93. The zero-order chi connectivity index (χ0) is 17.3. The maximum Gasteiger partial charge on any atom is 0.0401 e. The van der Waals surface area contributed by atoms with Gasteiger partial charge in [0, 0.05) is 37.9 Å². The Labute approximate surface area is 173 Å². The zero-order valence-electron chi connectivity index (χ0n) is 14.7. The summed E-state index contributed by atoms with van der Waals surface area (Å²) in [5, 5.41) is 0. The second-order valence-electron chi connectivity index (χ2n) is 6.62. The average Bonchev–Trinajstić information content (AvgIpc) is 2.72. The Balaban J connectivity index is 0.00000180. The second kappa shape index (κ2) is 7.52. The van der Waals surface area contributed by atoms with Gasteiger partial charge in [-0.3, -0.25) is 4.98 Å². The number of benzene rings is 3. The standard InChI is InChI=1S/C25H18N.Ir/c1-2-10-19-18(9-1)17-24(25-15-7-8-16-26-25)23-14-6-5-13-22(23)21-12-4-3-11-20(19)21;/h1-17,24H;/q-1;. The van der Waals surface area contributed by atoms with Crippen LogP contribution >= 0.6 is 0 Å². The Morgan fingerprint density at radius 3 is 1.93 bits per heavy atom. The molecule has 0 aliphatic heterocycles. The van der Waals surface area contributed by atoms with E-state index >= 15 is 0 Å². The maximum absolute atomic E-state index is 4.67. The summed E-state index contributed by atoms with van der Waals surface area (Å²) in [5.74, 6) is 0.127. The van der Waals surface area contributed by atoms with Gasteiger partial charge in [-0.25, -0.2) is 0 Å². The second-order valence-corrected chi connectivity index (χ2v) is 6.62. The van der Waals surface area contributed by atoms with Crippen LogP contribution in [0.1, 0.15) is 22.7 Å². The van der Waals surface area contributed by atoms with E-state index in [0.717, 1.165) is 5.69 Å². The van der Waals surface area contributed by atoms with Crippen molar-refractivity contribution in [2.24, 2.45) is 0 Å². The van der Waals surface area contributed by atoms with E-state index < -0.39 is 0 Å². The molecule has 0 spiro atoms. The van der Waals surface area contributed by atoms with Gasteiger partial charge in [-0.2, -0.15) is 18.1 Å². The van der Waals surface area contributed by atoms with Gasteiger partial charge >= 0.3 is 0 Å². The number of pyridine rings is 1. The van der Waals surface area contributed by atoms with Crippen molar-refractivity contribution in [1.29, 1.82) is 0 Å². The molecule has 0 bridgehead atoms. The molecule has 1 nitrogen and oxygen atoms in total. The van der Waals surface area contributed by atoms with Crippen molar-refractivity contribution in [2.45, 2.75) is 5.92 Å². The summed E-state index contributed by atoms with van der Waals surface area (Å²) in [6, 6.07) is 32.2. The molecule has 1 unspecified atom stereocenters. The number of nitrogens with zero attached hydrogens (tertiary/aromatic N) is 1. The predicted octanol–water partition coefficient (Wildman–Crippen LogP) is 6.11. The topological polar surface area (TPSA) is 12.9 Å². The van der Waals surface area contributed by atoms with E-state index in [1.807, 2.05) is 12.3 Å². The van der Waals surface area contributed by atoms with E-state index in [-0.39, 0.29) is 26.0 Å². The largest absolute Gasteiger partial charge is 0.261 e. The third-order valence-corrected chi connectivity index (χ3v) is 5.12. The molecule has 133 valence electrons. The third-order valence-electron chi connectivity index (χ3n) is 5.12. The van der Waals surface area contributed by atoms with Crippen molar-refractivity contribution in [3.8, 4) is 22.3 Å². The Kier molecular flexibility index (Phi) is 4.94. The molecule has 1 aliphatic carbocycles. The average molecular weight is 525 g/mol. The number of hydrogen-bond donors (Lipinski definition) is 0. The van der Waals surface area contributed by atoms with Crippen molar-refractivity contribution in [2.75, 3.05) is 0 Å². The quantitative estimate of drug-likeness (QED) is 0.274. The number of hydrogen-bond acceptors (Lipinski definition) is 1. The first-order valence-electron chi connectivity index (χ1n) is 8.95. The molecule has 0 fully saturated rings. The molecule has 0 N–H and O–H groups in total. The fraction of sp³-hybridized carbons (Fsp3) is 0.0400. The van der Waals surface area contributed by atoms with Crippen LogP contribution in [0.25, 0.3) is 22.3 Å². The van der Waals surface area contributed by atoms with Crippen molar-refractivity contribution in [1.82, 2.24) is 4.98 Å². The Morgan fingerprint density at radius 2 is 1.19 bits per heavy atom. The number of rotatable bonds is 1. The van der Waals surface area contributed by atoms with Crippen molar-refractivity contribution < 1.29 is 20.1 Å².